The third kappa shape index (κ3) is 4.70. The van der Waals surface area contributed by atoms with Crippen molar-refractivity contribution in [3.05, 3.63) is 54.2 Å². The van der Waals surface area contributed by atoms with Gasteiger partial charge in [-0.1, -0.05) is 0 Å². The highest BCUT2D eigenvalue weighted by Gasteiger charge is 2.38. The summed E-state index contributed by atoms with van der Waals surface area (Å²) in [6.07, 6.45) is 8.94. The first-order valence-corrected chi connectivity index (χ1v) is 12.3. The van der Waals surface area contributed by atoms with Crippen LogP contribution in [-0.4, -0.2) is 73.3 Å². The van der Waals surface area contributed by atoms with E-state index in [1.807, 2.05) is 19.3 Å². The normalized spacial score (nSPS) is 19.3. The van der Waals surface area contributed by atoms with E-state index in [9.17, 15) is 9.59 Å². The van der Waals surface area contributed by atoms with Crippen LogP contribution in [0.1, 0.15) is 28.9 Å². The lowest BCUT2D eigenvalue weighted by molar-refractivity contribution is -0.120. The summed E-state index contributed by atoms with van der Waals surface area (Å²) in [5.74, 6) is -0.412. The molecule has 0 radical (unpaired) electrons. The van der Waals surface area contributed by atoms with Gasteiger partial charge in [0.25, 0.3) is 5.91 Å². The lowest BCUT2D eigenvalue weighted by Crippen LogP contribution is -2.48. The third-order valence-corrected chi connectivity index (χ3v) is 7.08. The topological polar surface area (TPSA) is 130 Å². The van der Waals surface area contributed by atoms with Crippen LogP contribution in [0.4, 0.5) is 11.4 Å². The predicted molar refractivity (Wildman–Crippen MR) is 138 cm³/mol. The monoisotopic (exact) mass is 500 g/mol. The Kier molecular flexibility index (Phi) is 5.93. The molecule has 2 atom stereocenters. The smallest absolute Gasteiger partial charge is 0.257 e. The Balaban J connectivity index is 1.14. The molecule has 0 aliphatic carbocycles. The molecule has 4 aromatic rings. The molecule has 11 nitrogen and oxygen atoms in total. The van der Waals surface area contributed by atoms with Crippen molar-refractivity contribution in [1.82, 2.24) is 29.6 Å². The van der Waals surface area contributed by atoms with Crippen LogP contribution in [0.5, 0.6) is 0 Å². The van der Waals surface area contributed by atoms with Gasteiger partial charge in [0.2, 0.25) is 5.91 Å². The predicted octanol–water partition coefficient (Wildman–Crippen LogP) is 2.72. The molecule has 0 saturated carbocycles. The lowest BCUT2D eigenvalue weighted by atomic mass is 10.2. The van der Waals surface area contributed by atoms with Crippen LogP contribution in [0.15, 0.2) is 43.0 Å². The maximum absolute atomic E-state index is 13.1. The number of H-pyrrole nitrogens is 1. The van der Waals surface area contributed by atoms with Crippen molar-refractivity contribution in [2.45, 2.75) is 31.8 Å². The fourth-order valence-electron chi connectivity index (χ4n) is 5.12. The number of carbonyl (C=O) groups is 2. The number of rotatable bonds is 6. The fraction of sp³-hybridized carbons (Fsp3) is 0.346. The maximum atomic E-state index is 13.1. The standard InChI is InChI=1S/C26H28N8O3/c1-15-22(7-19(10-27-15)30-24(35)12-34-20-3-4-21(34)14-37-13-20)32-26(36)17-5-16-6-23(31-25(16)28-8-17)18-9-29-33(2)11-18/h5-11,20-21H,3-4,12-14H2,1-2H3,(H,28,31)(H,30,35)(H,32,36). The number of carbonyl (C=O) groups excluding carboxylic acids is 2. The van der Waals surface area contributed by atoms with Gasteiger partial charge in [0.15, 0.2) is 0 Å². The van der Waals surface area contributed by atoms with Crippen LogP contribution in [0.3, 0.4) is 0 Å². The largest absolute Gasteiger partial charge is 0.378 e. The molecular weight excluding hydrogens is 472 g/mol. The summed E-state index contributed by atoms with van der Waals surface area (Å²) in [5, 5.41) is 10.9. The van der Waals surface area contributed by atoms with E-state index < -0.39 is 0 Å². The highest BCUT2D eigenvalue weighted by atomic mass is 16.5. The van der Waals surface area contributed by atoms with E-state index in [1.165, 1.54) is 6.20 Å². The summed E-state index contributed by atoms with van der Waals surface area (Å²) >= 11 is 0. The number of amides is 2. The summed E-state index contributed by atoms with van der Waals surface area (Å²) < 4.78 is 7.33. The summed E-state index contributed by atoms with van der Waals surface area (Å²) in [6.45, 7) is 3.48. The van der Waals surface area contributed by atoms with Gasteiger partial charge in [-0.25, -0.2) is 4.98 Å². The second kappa shape index (κ2) is 9.41. The zero-order chi connectivity index (χ0) is 25.5. The number of fused-ring (bicyclic) bond motifs is 3. The van der Waals surface area contributed by atoms with Gasteiger partial charge >= 0.3 is 0 Å². The number of nitrogens with one attached hydrogen (secondary N) is 3. The molecule has 3 N–H and O–H groups in total. The first-order chi connectivity index (χ1) is 17.9. The molecule has 2 aliphatic heterocycles. The minimum absolute atomic E-state index is 0.103. The number of aryl methyl sites for hydroxylation is 2. The van der Waals surface area contributed by atoms with Crippen LogP contribution in [0.2, 0.25) is 0 Å². The summed E-state index contributed by atoms with van der Waals surface area (Å²) in [5.41, 5.74) is 4.63. The molecule has 0 spiro atoms. The number of aromatic amines is 1. The van der Waals surface area contributed by atoms with Crippen molar-refractivity contribution in [1.29, 1.82) is 0 Å². The second-order valence-corrected chi connectivity index (χ2v) is 9.70. The molecular formula is C26H28N8O3. The minimum atomic E-state index is -0.309. The van der Waals surface area contributed by atoms with Gasteiger partial charge in [-0.2, -0.15) is 5.10 Å². The number of hydrogen-bond acceptors (Lipinski definition) is 7. The van der Waals surface area contributed by atoms with E-state index in [4.69, 9.17) is 4.74 Å². The zero-order valence-electron chi connectivity index (χ0n) is 20.7. The number of pyridine rings is 2. The van der Waals surface area contributed by atoms with Gasteiger partial charge in [0.1, 0.15) is 5.65 Å². The quantitative estimate of drug-likeness (QED) is 0.371. The highest BCUT2D eigenvalue weighted by molar-refractivity contribution is 6.06. The molecule has 4 aromatic heterocycles. The van der Waals surface area contributed by atoms with Crippen molar-refractivity contribution >= 4 is 34.2 Å². The third-order valence-electron chi connectivity index (χ3n) is 7.08. The van der Waals surface area contributed by atoms with Gasteiger partial charge in [0.05, 0.1) is 60.5 Å². The SMILES string of the molecule is Cc1ncc(NC(=O)CN2C3CCC2COC3)cc1NC(=O)c1cnc2[nH]c(-c3cnn(C)c3)cc2c1. The van der Waals surface area contributed by atoms with Crippen molar-refractivity contribution in [3.63, 3.8) is 0 Å². The van der Waals surface area contributed by atoms with E-state index in [-0.39, 0.29) is 11.8 Å². The van der Waals surface area contributed by atoms with Gasteiger partial charge in [0, 0.05) is 42.5 Å². The highest BCUT2D eigenvalue weighted by Crippen LogP contribution is 2.28. The van der Waals surface area contributed by atoms with Crippen molar-refractivity contribution < 1.29 is 14.3 Å². The summed E-state index contributed by atoms with van der Waals surface area (Å²) in [6, 6.07) is 6.08. The number of ether oxygens (including phenoxy) is 1. The van der Waals surface area contributed by atoms with Crippen molar-refractivity contribution in [3.8, 4) is 11.3 Å². The minimum Gasteiger partial charge on any atom is -0.378 e. The molecule has 2 unspecified atom stereocenters. The van der Waals surface area contributed by atoms with Gasteiger partial charge in [-0.05, 0) is 38.0 Å². The first kappa shape index (κ1) is 23.3. The van der Waals surface area contributed by atoms with Crippen LogP contribution >= 0.6 is 0 Å². The lowest BCUT2D eigenvalue weighted by Gasteiger charge is -2.33. The number of aromatic nitrogens is 5. The van der Waals surface area contributed by atoms with Crippen molar-refractivity contribution in [2.75, 3.05) is 30.4 Å². The molecule has 6 heterocycles. The average molecular weight is 501 g/mol. The molecule has 0 aromatic carbocycles. The first-order valence-electron chi connectivity index (χ1n) is 12.3. The van der Waals surface area contributed by atoms with E-state index >= 15 is 0 Å². The Hall–Kier alpha value is -4.09. The molecule has 11 heteroatoms. The van der Waals surface area contributed by atoms with Gasteiger partial charge < -0.3 is 20.4 Å². The Morgan fingerprint density at radius 2 is 1.89 bits per heavy atom. The molecule has 2 bridgehead atoms. The van der Waals surface area contributed by atoms with Crippen LogP contribution in [0, 0.1) is 6.92 Å². The van der Waals surface area contributed by atoms with E-state index in [0.717, 1.165) is 29.5 Å². The van der Waals surface area contributed by atoms with Gasteiger partial charge in [-0.3, -0.25) is 24.2 Å². The second-order valence-electron chi connectivity index (χ2n) is 9.70. The number of morpholine rings is 1. The molecule has 2 fully saturated rings. The molecule has 190 valence electrons. The molecule has 2 saturated heterocycles. The average Bonchev–Trinajstić information content (AvgIpc) is 3.55. The molecule has 6 rings (SSSR count). The number of nitrogens with zero attached hydrogens (tertiary/aromatic N) is 5. The Bertz CT molecular complexity index is 1480. The number of anilines is 2. The molecule has 37 heavy (non-hydrogen) atoms. The molecule has 2 aliphatic rings. The van der Waals surface area contributed by atoms with Gasteiger partial charge in [-0.15, -0.1) is 0 Å². The van der Waals surface area contributed by atoms with E-state index in [0.29, 0.717) is 60.1 Å². The fourth-order valence-corrected chi connectivity index (χ4v) is 5.12. The zero-order valence-corrected chi connectivity index (χ0v) is 20.7. The van der Waals surface area contributed by atoms with Crippen LogP contribution < -0.4 is 10.6 Å². The maximum Gasteiger partial charge on any atom is 0.257 e. The van der Waals surface area contributed by atoms with Crippen molar-refractivity contribution in [2.24, 2.45) is 7.05 Å². The van der Waals surface area contributed by atoms with E-state index in [2.05, 4.69) is 35.6 Å². The molecule has 2 amide bonds. The number of hydrogen-bond donors (Lipinski definition) is 3. The summed E-state index contributed by atoms with van der Waals surface area (Å²) in [7, 11) is 1.86. The van der Waals surface area contributed by atoms with E-state index in [1.54, 1.807) is 36.1 Å². The Labute approximate surface area is 213 Å². The Morgan fingerprint density at radius 1 is 1.08 bits per heavy atom. The van der Waals surface area contributed by atoms with Crippen LogP contribution in [-0.2, 0) is 16.6 Å². The van der Waals surface area contributed by atoms with Crippen LogP contribution in [0.25, 0.3) is 22.3 Å². The Morgan fingerprint density at radius 3 is 2.65 bits per heavy atom. The summed E-state index contributed by atoms with van der Waals surface area (Å²) in [4.78, 5) is 40.1.